The number of rotatable bonds is 4. The molecule has 9 heteroatoms. The van der Waals surface area contributed by atoms with Gasteiger partial charge in [0.1, 0.15) is 0 Å². The summed E-state index contributed by atoms with van der Waals surface area (Å²) < 4.78 is 50.9. The lowest BCUT2D eigenvalue weighted by Crippen LogP contribution is -2.49. The highest BCUT2D eigenvalue weighted by atomic mass is 19.4. The summed E-state index contributed by atoms with van der Waals surface area (Å²) in [5, 5.41) is 9.04. The standard InChI is InChI=1S/C22H22F3N3O3/c1-30-14-21-6-7-27(17-5-4-15(10-26)18(9-17)22(23,24)25)11-16(21)12-28(13-21)20(29)19-3-2-8-31-19/h2-5,8-9,16H,6-7,11-14H2,1H3/t16-,21+/m1/s1. The predicted molar refractivity (Wildman–Crippen MR) is 105 cm³/mol. The Hall–Kier alpha value is -2.99. The molecule has 164 valence electrons. The number of benzene rings is 1. The van der Waals surface area contributed by atoms with Crippen molar-refractivity contribution in [2.75, 3.05) is 44.8 Å². The SMILES string of the molecule is COC[C@@]12CCN(c3ccc(C#N)c(C(F)(F)F)c3)C[C@@H]1CN(C(=O)c1ccco1)C2. The second kappa shape index (κ2) is 7.93. The number of likely N-dealkylation sites (tertiary alicyclic amines) is 1. The van der Waals surface area contributed by atoms with Gasteiger partial charge < -0.3 is 19.0 Å². The van der Waals surface area contributed by atoms with Gasteiger partial charge in [-0.3, -0.25) is 4.79 Å². The van der Waals surface area contributed by atoms with Gasteiger partial charge in [-0.2, -0.15) is 18.4 Å². The number of fused-ring (bicyclic) bond motifs is 1. The Labute approximate surface area is 177 Å². The van der Waals surface area contributed by atoms with Gasteiger partial charge in [0.15, 0.2) is 5.76 Å². The highest BCUT2D eigenvalue weighted by Gasteiger charge is 2.51. The van der Waals surface area contributed by atoms with E-state index in [0.717, 1.165) is 6.07 Å². The molecule has 2 fully saturated rings. The van der Waals surface area contributed by atoms with Crippen LogP contribution in [0.5, 0.6) is 0 Å². The highest BCUT2D eigenvalue weighted by Crippen LogP contribution is 2.45. The van der Waals surface area contributed by atoms with Crippen LogP contribution in [0.25, 0.3) is 0 Å². The minimum Gasteiger partial charge on any atom is -0.459 e. The molecule has 0 spiro atoms. The van der Waals surface area contributed by atoms with E-state index in [0.29, 0.717) is 44.9 Å². The Kier molecular flexibility index (Phi) is 5.43. The molecule has 1 amide bonds. The lowest BCUT2D eigenvalue weighted by molar-refractivity contribution is -0.137. The second-order valence-corrected chi connectivity index (χ2v) is 8.19. The number of amides is 1. The molecule has 0 radical (unpaired) electrons. The summed E-state index contributed by atoms with van der Waals surface area (Å²) in [7, 11) is 1.62. The number of hydrogen-bond acceptors (Lipinski definition) is 5. The monoisotopic (exact) mass is 433 g/mol. The van der Waals surface area contributed by atoms with E-state index in [9.17, 15) is 18.0 Å². The van der Waals surface area contributed by atoms with E-state index < -0.39 is 17.3 Å². The number of furan rings is 1. The van der Waals surface area contributed by atoms with E-state index >= 15 is 0 Å². The Balaban J connectivity index is 1.58. The van der Waals surface area contributed by atoms with Crippen LogP contribution in [0.3, 0.4) is 0 Å². The Morgan fingerprint density at radius 1 is 1.35 bits per heavy atom. The summed E-state index contributed by atoms with van der Waals surface area (Å²) in [4.78, 5) is 16.4. The Bertz CT molecular complexity index is 1000. The lowest BCUT2D eigenvalue weighted by atomic mass is 9.73. The van der Waals surface area contributed by atoms with Crippen molar-refractivity contribution in [1.29, 1.82) is 5.26 Å². The third-order valence-electron chi connectivity index (χ3n) is 6.38. The molecule has 0 bridgehead atoms. The van der Waals surface area contributed by atoms with Crippen molar-refractivity contribution < 1.29 is 27.1 Å². The van der Waals surface area contributed by atoms with E-state index in [1.165, 1.54) is 12.3 Å². The van der Waals surface area contributed by atoms with Crippen LogP contribution in [-0.2, 0) is 10.9 Å². The van der Waals surface area contributed by atoms with E-state index in [4.69, 9.17) is 14.4 Å². The van der Waals surface area contributed by atoms with Crippen molar-refractivity contribution >= 4 is 11.6 Å². The van der Waals surface area contributed by atoms with Crippen LogP contribution in [0.2, 0.25) is 0 Å². The molecule has 1 aromatic heterocycles. The number of ether oxygens (including phenoxy) is 1. The number of alkyl halides is 3. The van der Waals surface area contributed by atoms with Crippen molar-refractivity contribution in [3.8, 4) is 6.07 Å². The zero-order chi connectivity index (χ0) is 22.2. The quantitative estimate of drug-likeness (QED) is 0.734. The Morgan fingerprint density at radius 2 is 2.16 bits per heavy atom. The fraction of sp³-hybridized carbons (Fsp3) is 0.455. The van der Waals surface area contributed by atoms with Gasteiger partial charge >= 0.3 is 6.18 Å². The van der Waals surface area contributed by atoms with Crippen molar-refractivity contribution in [3.05, 3.63) is 53.5 Å². The van der Waals surface area contributed by atoms with Gasteiger partial charge in [0.25, 0.3) is 5.91 Å². The van der Waals surface area contributed by atoms with Gasteiger partial charge in [-0.05, 0) is 36.8 Å². The van der Waals surface area contributed by atoms with E-state index in [1.54, 1.807) is 36.3 Å². The van der Waals surface area contributed by atoms with E-state index in [2.05, 4.69) is 0 Å². The van der Waals surface area contributed by atoms with Crippen LogP contribution < -0.4 is 4.90 Å². The predicted octanol–water partition coefficient (Wildman–Crippen LogP) is 3.79. The van der Waals surface area contributed by atoms with Gasteiger partial charge in [-0.15, -0.1) is 0 Å². The number of nitrogens with zero attached hydrogens (tertiary/aromatic N) is 3. The summed E-state index contributed by atoms with van der Waals surface area (Å²) >= 11 is 0. The van der Waals surface area contributed by atoms with Crippen LogP contribution >= 0.6 is 0 Å². The van der Waals surface area contributed by atoms with Gasteiger partial charge in [-0.1, -0.05) is 0 Å². The molecule has 2 saturated heterocycles. The van der Waals surface area contributed by atoms with Crippen LogP contribution in [0.1, 0.15) is 28.1 Å². The molecule has 2 aromatic rings. The molecule has 6 nitrogen and oxygen atoms in total. The molecule has 0 N–H and O–H groups in total. The molecule has 0 aliphatic carbocycles. The molecular formula is C22H22F3N3O3. The topological polar surface area (TPSA) is 69.7 Å². The summed E-state index contributed by atoms with van der Waals surface area (Å²) in [6, 6.07) is 8.71. The molecule has 31 heavy (non-hydrogen) atoms. The largest absolute Gasteiger partial charge is 0.459 e. The fourth-order valence-electron chi connectivity index (χ4n) is 4.81. The minimum atomic E-state index is -4.60. The van der Waals surface area contributed by atoms with E-state index in [1.807, 2.05) is 4.90 Å². The first kappa shape index (κ1) is 21.2. The van der Waals surface area contributed by atoms with Crippen LogP contribution in [0.15, 0.2) is 41.0 Å². The molecular weight excluding hydrogens is 411 g/mol. The van der Waals surface area contributed by atoms with Crippen molar-refractivity contribution in [3.63, 3.8) is 0 Å². The molecule has 3 heterocycles. The van der Waals surface area contributed by atoms with Gasteiger partial charge in [0.2, 0.25) is 0 Å². The normalized spacial score (nSPS) is 23.5. The molecule has 2 aliphatic rings. The molecule has 1 aromatic carbocycles. The number of carbonyl (C=O) groups is 1. The molecule has 0 saturated carbocycles. The van der Waals surface area contributed by atoms with Gasteiger partial charge in [0, 0.05) is 50.3 Å². The number of nitriles is 1. The van der Waals surface area contributed by atoms with Crippen LogP contribution in [-0.4, -0.2) is 50.7 Å². The summed E-state index contributed by atoms with van der Waals surface area (Å²) in [5.74, 6) is 0.106. The number of carbonyl (C=O) groups excluding carboxylic acids is 1. The van der Waals surface area contributed by atoms with Crippen molar-refractivity contribution in [1.82, 2.24) is 4.90 Å². The summed E-state index contributed by atoms with van der Waals surface area (Å²) in [5.41, 5.74) is -1.15. The average Bonchev–Trinajstić information content (AvgIpc) is 3.40. The third kappa shape index (κ3) is 3.88. The van der Waals surface area contributed by atoms with Crippen LogP contribution in [0, 0.1) is 22.7 Å². The lowest BCUT2D eigenvalue weighted by Gasteiger charge is -2.44. The second-order valence-electron chi connectivity index (χ2n) is 8.19. The fourth-order valence-corrected chi connectivity index (χ4v) is 4.81. The first-order chi connectivity index (χ1) is 14.8. The third-order valence-corrected chi connectivity index (χ3v) is 6.38. The highest BCUT2D eigenvalue weighted by molar-refractivity contribution is 5.91. The maximum atomic E-state index is 13.4. The van der Waals surface area contributed by atoms with Crippen molar-refractivity contribution in [2.45, 2.75) is 12.6 Å². The number of methoxy groups -OCH3 is 1. The molecule has 4 rings (SSSR count). The number of anilines is 1. The summed E-state index contributed by atoms with van der Waals surface area (Å²) in [6.45, 7) is 2.48. The molecule has 0 unspecified atom stereocenters. The zero-order valence-corrected chi connectivity index (χ0v) is 17.0. The number of hydrogen-bond donors (Lipinski definition) is 0. The molecule has 2 aliphatic heterocycles. The number of halogens is 3. The first-order valence-corrected chi connectivity index (χ1v) is 9.95. The minimum absolute atomic E-state index is 0.0325. The van der Waals surface area contributed by atoms with E-state index in [-0.39, 0.29) is 23.0 Å². The smallest absolute Gasteiger partial charge is 0.417 e. The molecule has 2 atom stereocenters. The maximum absolute atomic E-state index is 13.4. The van der Waals surface area contributed by atoms with Gasteiger partial charge in [-0.25, -0.2) is 0 Å². The Morgan fingerprint density at radius 3 is 2.81 bits per heavy atom. The summed E-state index contributed by atoms with van der Waals surface area (Å²) in [6.07, 6.45) is -2.47. The maximum Gasteiger partial charge on any atom is 0.417 e. The first-order valence-electron chi connectivity index (χ1n) is 9.95. The van der Waals surface area contributed by atoms with Gasteiger partial charge in [0.05, 0.1) is 30.1 Å². The van der Waals surface area contributed by atoms with Crippen molar-refractivity contribution in [2.24, 2.45) is 11.3 Å². The zero-order valence-electron chi connectivity index (χ0n) is 17.0. The number of piperidine rings is 1. The average molecular weight is 433 g/mol. The van der Waals surface area contributed by atoms with Crippen LogP contribution in [0.4, 0.5) is 18.9 Å².